The van der Waals surface area contributed by atoms with Crippen molar-refractivity contribution < 1.29 is 9.84 Å². The van der Waals surface area contributed by atoms with Gasteiger partial charge < -0.3 is 9.84 Å². The van der Waals surface area contributed by atoms with Crippen LogP contribution < -0.4 is 4.74 Å². The molecule has 19 heavy (non-hydrogen) atoms. The van der Waals surface area contributed by atoms with E-state index in [2.05, 4.69) is 19.9 Å². The molecule has 0 saturated heterocycles. The summed E-state index contributed by atoms with van der Waals surface area (Å²) >= 11 is 21.6. The topological polar surface area (TPSA) is 81.0 Å². The van der Waals surface area contributed by atoms with Gasteiger partial charge in [-0.2, -0.15) is 0 Å². The maximum atomic E-state index is 8.73. The first-order valence-electron chi connectivity index (χ1n) is 4.53. The fraction of sp³-hybridized carbons (Fsp3) is 0.111. The van der Waals surface area contributed by atoms with E-state index in [0.717, 1.165) is 6.20 Å². The Labute approximate surface area is 128 Å². The number of nitrogens with zero attached hydrogens (tertiary/aromatic N) is 4. The molecule has 0 aliphatic heterocycles. The standard InChI is InChI=1S/C5H4Cl2N2O.C4H2Cl2N2O/c1-10-3-2-8-5(7)9-4(3)6;5-3-2(9)1-7-4(6)8-3/h2H,1H3;1,9H. The molecule has 0 amide bonds. The van der Waals surface area contributed by atoms with Gasteiger partial charge in [0.1, 0.15) is 0 Å². The highest BCUT2D eigenvalue weighted by Gasteiger charge is 2.01. The smallest absolute Gasteiger partial charge is 0.224 e. The van der Waals surface area contributed by atoms with Gasteiger partial charge in [-0.15, -0.1) is 0 Å². The maximum absolute atomic E-state index is 8.73. The summed E-state index contributed by atoms with van der Waals surface area (Å²) in [5.74, 6) is 0.257. The van der Waals surface area contributed by atoms with E-state index in [1.54, 1.807) is 0 Å². The van der Waals surface area contributed by atoms with E-state index in [9.17, 15) is 0 Å². The first-order chi connectivity index (χ1) is 8.93. The van der Waals surface area contributed by atoms with Crippen LogP contribution in [-0.4, -0.2) is 32.2 Å². The van der Waals surface area contributed by atoms with E-state index in [0.29, 0.717) is 5.75 Å². The Morgan fingerprint density at radius 2 is 1.47 bits per heavy atom. The number of aromatic nitrogens is 4. The monoisotopic (exact) mass is 342 g/mol. The molecule has 0 spiro atoms. The molecule has 1 N–H and O–H groups in total. The average molecular weight is 344 g/mol. The number of hydrogen-bond acceptors (Lipinski definition) is 6. The third-order valence-corrected chi connectivity index (χ3v) is 2.51. The summed E-state index contributed by atoms with van der Waals surface area (Å²) in [6, 6.07) is 0. The Balaban J connectivity index is 0.000000191. The number of methoxy groups -OCH3 is 1. The van der Waals surface area contributed by atoms with E-state index in [-0.39, 0.29) is 26.6 Å². The lowest BCUT2D eigenvalue weighted by molar-refractivity contribution is 0.411. The second-order valence-corrected chi connectivity index (χ2v) is 4.21. The molecule has 0 saturated carbocycles. The van der Waals surface area contributed by atoms with Crippen molar-refractivity contribution in [2.45, 2.75) is 0 Å². The van der Waals surface area contributed by atoms with Crippen molar-refractivity contribution in [3.05, 3.63) is 33.3 Å². The Kier molecular flexibility index (Phi) is 6.30. The summed E-state index contributed by atoms with van der Waals surface area (Å²) in [4.78, 5) is 14.2. The van der Waals surface area contributed by atoms with Gasteiger partial charge in [-0.05, 0) is 23.2 Å². The number of aromatic hydroxyl groups is 1. The minimum Gasteiger partial charge on any atom is -0.504 e. The van der Waals surface area contributed by atoms with E-state index in [1.807, 2.05) is 0 Å². The van der Waals surface area contributed by atoms with Crippen LogP contribution in [0.15, 0.2) is 12.4 Å². The number of rotatable bonds is 1. The van der Waals surface area contributed by atoms with Crippen LogP contribution in [-0.2, 0) is 0 Å². The van der Waals surface area contributed by atoms with Gasteiger partial charge in [0, 0.05) is 0 Å². The van der Waals surface area contributed by atoms with E-state index >= 15 is 0 Å². The highest BCUT2D eigenvalue weighted by molar-refractivity contribution is 6.33. The highest BCUT2D eigenvalue weighted by atomic mass is 35.5. The predicted octanol–water partition coefficient (Wildman–Crippen LogP) is 3.28. The van der Waals surface area contributed by atoms with E-state index < -0.39 is 0 Å². The third-order valence-electron chi connectivity index (χ3n) is 1.60. The van der Waals surface area contributed by atoms with Crippen molar-refractivity contribution in [2.75, 3.05) is 7.11 Å². The molecule has 0 aliphatic carbocycles. The molecule has 6 nitrogen and oxygen atoms in total. The van der Waals surface area contributed by atoms with Gasteiger partial charge >= 0.3 is 0 Å². The SMILES string of the molecule is COc1cnc(Cl)nc1Cl.Oc1cnc(Cl)nc1Cl. The van der Waals surface area contributed by atoms with Gasteiger partial charge in [-0.3, -0.25) is 0 Å². The molecule has 10 heteroatoms. The van der Waals surface area contributed by atoms with Gasteiger partial charge in [0.25, 0.3) is 0 Å². The van der Waals surface area contributed by atoms with Gasteiger partial charge in [0.05, 0.1) is 19.5 Å². The van der Waals surface area contributed by atoms with E-state index in [4.69, 9.17) is 56.2 Å². The van der Waals surface area contributed by atoms with Gasteiger partial charge in [0.2, 0.25) is 10.6 Å². The van der Waals surface area contributed by atoms with Crippen LogP contribution in [0.25, 0.3) is 0 Å². The molecule has 0 aliphatic rings. The lowest BCUT2D eigenvalue weighted by Gasteiger charge is -1.98. The van der Waals surface area contributed by atoms with Crippen LogP contribution in [0.5, 0.6) is 11.5 Å². The van der Waals surface area contributed by atoms with Crippen LogP contribution in [0.3, 0.4) is 0 Å². The number of hydrogen-bond donors (Lipinski definition) is 1. The molecule has 0 fully saturated rings. The average Bonchev–Trinajstić information content (AvgIpc) is 2.35. The Morgan fingerprint density at radius 3 is 1.89 bits per heavy atom. The molecular formula is C9H6Cl4N4O2. The molecular weight excluding hydrogens is 338 g/mol. The minimum absolute atomic E-state index is 0.0257. The van der Waals surface area contributed by atoms with E-state index in [1.165, 1.54) is 13.3 Å². The third kappa shape index (κ3) is 5.20. The fourth-order valence-electron chi connectivity index (χ4n) is 0.802. The molecule has 2 aromatic heterocycles. The molecule has 2 aromatic rings. The Bertz CT molecular complexity index is 570. The van der Waals surface area contributed by atoms with Gasteiger partial charge in [-0.1, -0.05) is 23.2 Å². The first kappa shape index (κ1) is 16.0. The molecule has 0 aromatic carbocycles. The summed E-state index contributed by atoms with van der Waals surface area (Å²) in [6.07, 6.45) is 2.55. The zero-order valence-corrected chi connectivity index (χ0v) is 12.3. The zero-order chi connectivity index (χ0) is 14.4. The van der Waals surface area contributed by atoms with Gasteiger partial charge in [0.15, 0.2) is 21.8 Å². The summed E-state index contributed by atoms with van der Waals surface area (Å²) in [5, 5.41) is 9.06. The van der Waals surface area contributed by atoms with Crippen LogP contribution in [0.2, 0.25) is 20.9 Å². The van der Waals surface area contributed by atoms with Crippen molar-refractivity contribution in [2.24, 2.45) is 0 Å². The van der Waals surface area contributed by atoms with Crippen molar-refractivity contribution >= 4 is 46.4 Å². The Hall–Kier alpha value is -1.08. The van der Waals surface area contributed by atoms with Crippen molar-refractivity contribution in [1.82, 2.24) is 19.9 Å². The quantitative estimate of drug-likeness (QED) is 0.632. The van der Waals surface area contributed by atoms with Gasteiger partial charge in [-0.25, -0.2) is 19.9 Å². The molecule has 0 bridgehead atoms. The second kappa shape index (κ2) is 7.49. The molecule has 102 valence electrons. The fourth-order valence-corrected chi connectivity index (χ4v) is 1.49. The van der Waals surface area contributed by atoms with Crippen molar-refractivity contribution in [3.8, 4) is 11.5 Å². The number of halogens is 4. The largest absolute Gasteiger partial charge is 0.504 e. The lowest BCUT2D eigenvalue weighted by atomic mass is 10.6. The van der Waals surface area contributed by atoms with Crippen LogP contribution >= 0.6 is 46.4 Å². The highest BCUT2D eigenvalue weighted by Crippen LogP contribution is 2.20. The minimum atomic E-state index is -0.166. The summed E-state index contributed by atoms with van der Waals surface area (Å²) in [5.41, 5.74) is 0. The molecule has 0 unspecified atom stereocenters. The van der Waals surface area contributed by atoms with Crippen LogP contribution in [0, 0.1) is 0 Å². The number of ether oxygens (including phenoxy) is 1. The molecule has 0 radical (unpaired) electrons. The van der Waals surface area contributed by atoms with Crippen LogP contribution in [0.1, 0.15) is 0 Å². The lowest BCUT2D eigenvalue weighted by Crippen LogP contribution is -1.88. The predicted molar refractivity (Wildman–Crippen MR) is 72.3 cm³/mol. The van der Waals surface area contributed by atoms with Crippen molar-refractivity contribution in [3.63, 3.8) is 0 Å². The first-order valence-corrected chi connectivity index (χ1v) is 6.04. The molecule has 0 atom stereocenters. The summed E-state index contributed by atoms with van der Waals surface area (Å²) < 4.78 is 4.78. The molecule has 2 heterocycles. The zero-order valence-electron chi connectivity index (χ0n) is 9.31. The second-order valence-electron chi connectivity index (χ2n) is 2.81. The summed E-state index contributed by atoms with van der Waals surface area (Å²) in [6.45, 7) is 0. The maximum Gasteiger partial charge on any atom is 0.224 e. The normalized spacial score (nSPS) is 9.53. The van der Waals surface area contributed by atoms with Crippen LogP contribution in [0.4, 0.5) is 0 Å². The summed E-state index contributed by atoms with van der Waals surface area (Å²) in [7, 11) is 1.48. The van der Waals surface area contributed by atoms with Crippen molar-refractivity contribution in [1.29, 1.82) is 0 Å². The Morgan fingerprint density at radius 1 is 0.947 bits per heavy atom. The molecule has 2 rings (SSSR count).